The first kappa shape index (κ1) is 15.9. The lowest BCUT2D eigenvalue weighted by atomic mass is 10.0. The van der Waals surface area contributed by atoms with Crippen LogP contribution < -0.4 is 11.5 Å². The van der Waals surface area contributed by atoms with Crippen LogP contribution in [0.2, 0.25) is 0 Å². The fourth-order valence-electron chi connectivity index (χ4n) is 2.67. The van der Waals surface area contributed by atoms with Gasteiger partial charge >= 0.3 is 0 Å². The Balaban J connectivity index is 2.40. The molecule has 1 aliphatic heterocycles. The van der Waals surface area contributed by atoms with Crippen molar-refractivity contribution in [1.82, 2.24) is 4.31 Å². The first-order valence-electron chi connectivity index (χ1n) is 6.98. The molecule has 0 bridgehead atoms. The number of hydrogen-bond acceptors (Lipinski definition) is 4. The SMILES string of the molecule is Cc1cc(S(=O)(=O)N2CCCCC2C(N)=O)ccc1CN. The Bertz CT molecular complexity index is 643. The molecule has 1 fully saturated rings. The van der Waals surface area contributed by atoms with E-state index >= 15 is 0 Å². The third kappa shape index (κ3) is 3.09. The molecule has 6 nitrogen and oxygen atoms in total. The van der Waals surface area contributed by atoms with Gasteiger partial charge in [0, 0.05) is 13.1 Å². The molecule has 1 amide bonds. The van der Waals surface area contributed by atoms with E-state index in [1.54, 1.807) is 12.1 Å². The number of primary amides is 1. The number of nitrogens with zero attached hydrogens (tertiary/aromatic N) is 1. The number of hydrogen-bond donors (Lipinski definition) is 2. The highest BCUT2D eigenvalue weighted by molar-refractivity contribution is 7.89. The molecule has 1 aromatic carbocycles. The zero-order chi connectivity index (χ0) is 15.6. The zero-order valence-electron chi connectivity index (χ0n) is 12.1. The third-order valence-corrected chi connectivity index (χ3v) is 5.83. The Morgan fingerprint density at radius 2 is 2.10 bits per heavy atom. The van der Waals surface area contributed by atoms with E-state index in [0.29, 0.717) is 19.5 Å². The Hall–Kier alpha value is -1.44. The van der Waals surface area contributed by atoms with Crippen LogP contribution in [0.15, 0.2) is 23.1 Å². The molecule has 1 heterocycles. The van der Waals surface area contributed by atoms with Gasteiger partial charge in [-0.1, -0.05) is 12.5 Å². The summed E-state index contributed by atoms with van der Waals surface area (Å²) in [4.78, 5) is 11.7. The molecule has 7 heteroatoms. The van der Waals surface area contributed by atoms with Gasteiger partial charge in [0.15, 0.2) is 0 Å². The summed E-state index contributed by atoms with van der Waals surface area (Å²) in [6, 6.07) is 4.10. The number of aryl methyl sites for hydroxylation is 1. The maximum atomic E-state index is 12.7. The molecule has 4 N–H and O–H groups in total. The van der Waals surface area contributed by atoms with Gasteiger partial charge in [0.25, 0.3) is 0 Å². The topological polar surface area (TPSA) is 106 Å². The first-order valence-corrected chi connectivity index (χ1v) is 8.42. The molecular weight excluding hydrogens is 290 g/mol. The van der Waals surface area contributed by atoms with E-state index in [4.69, 9.17) is 11.5 Å². The lowest BCUT2D eigenvalue weighted by molar-refractivity contribution is -0.122. The molecule has 0 radical (unpaired) electrons. The van der Waals surface area contributed by atoms with Gasteiger partial charge in [-0.25, -0.2) is 8.42 Å². The predicted octanol–water partition coefficient (Wildman–Crippen LogP) is 0.482. The summed E-state index contributed by atoms with van der Waals surface area (Å²) < 4.78 is 26.7. The third-order valence-electron chi connectivity index (χ3n) is 3.92. The van der Waals surface area contributed by atoms with Crippen LogP contribution in [0.4, 0.5) is 0 Å². The van der Waals surface area contributed by atoms with E-state index in [-0.39, 0.29) is 4.90 Å². The molecule has 1 atom stereocenters. The number of piperidine rings is 1. The van der Waals surface area contributed by atoms with Gasteiger partial charge in [-0.15, -0.1) is 0 Å². The van der Waals surface area contributed by atoms with Gasteiger partial charge in [-0.3, -0.25) is 4.79 Å². The second-order valence-electron chi connectivity index (χ2n) is 5.32. The van der Waals surface area contributed by atoms with Crippen LogP contribution in [0.3, 0.4) is 0 Å². The van der Waals surface area contributed by atoms with Crippen molar-refractivity contribution in [2.24, 2.45) is 11.5 Å². The average molecular weight is 311 g/mol. The van der Waals surface area contributed by atoms with Crippen LogP contribution in [0, 0.1) is 6.92 Å². The van der Waals surface area contributed by atoms with Crippen molar-refractivity contribution in [1.29, 1.82) is 0 Å². The molecular formula is C14H21N3O3S. The number of rotatable bonds is 4. The Kier molecular flexibility index (Phi) is 4.65. The number of carbonyl (C=O) groups excluding carboxylic acids is 1. The van der Waals surface area contributed by atoms with Crippen LogP contribution in [0.25, 0.3) is 0 Å². The second-order valence-corrected chi connectivity index (χ2v) is 7.21. The molecule has 2 rings (SSSR count). The van der Waals surface area contributed by atoms with E-state index in [1.165, 1.54) is 10.4 Å². The van der Waals surface area contributed by atoms with Gasteiger partial charge < -0.3 is 11.5 Å². The highest BCUT2D eigenvalue weighted by Gasteiger charge is 2.36. The standard InChI is InChI=1S/C14H21N3O3S/c1-10-8-12(6-5-11(10)9-15)21(19,20)17-7-3-2-4-13(17)14(16)18/h5-6,8,13H,2-4,7,9,15H2,1H3,(H2,16,18). The maximum Gasteiger partial charge on any atom is 0.243 e. The summed E-state index contributed by atoms with van der Waals surface area (Å²) in [6.45, 7) is 2.51. The minimum atomic E-state index is -3.71. The number of benzene rings is 1. The van der Waals surface area contributed by atoms with Crippen LogP contribution >= 0.6 is 0 Å². The van der Waals surface area contributed by atoms with Crippen LogP contribution in [0.1, 0.15) is 30.4 Å². The highest BCUT2D eigenvalue weighted by atomic mass is 32.2. The number of sulfonamides is 1. The van der Waals surface area contributed by atoms with E-state index < -0.39 is 22.0 Å². The lowest BCUT2D eigenvalue weighted by Crippen LogP contribution is -2.50. The zero-order valence-corrected chi connectivity index (χ0v) is 12.9. The normalized spacial score (nSPS) is 20.4. The summed E-state index contributed by atoms with van der Waals surface area (Å²) in [5.74, 6) is -0.589. The average Bonchev–Trinajstić information content (AvgIpc) is 2.47. The number of amides is 1. The number of carbonyl (C=O) groups is 1. The maximum absolute atomic E-state index is 12.7. The van der Waals surface area contributed by atoms with E-state index in [1.807, 2.05) is 6.92 Å². The smallest absolute Gasteiger partial charge is 0.243 e. The fraction of sp³-hybridized carbons (Fsp3) is 0.500. The van der Waals surface area contributed by atoms with Crippen molar-refractivity contribution >= 4 is 15.9 Å². The number of nitrogens with two attached hydrogens (primary N) is 2. The minimum absolute atomic E-state index is 0.186. The summed E-state index contributed by atoms with van der Waals surface area (Å²) in [7, 11) is -3.71. The van der Waals surface area contributed by atoms with Crippen molar-refractivity contribution in [3.05, 3.63) is 29.3 Å². The van der Waals surface area contributed by atoms with Gasteiger partial charge in [-0.05, 0) is 43.0 Å². The van der Waals surface area contributed by atoms with Crippen LogP contribution in [-0.4, -0.2) is 31.2 Å². The molecule has 1 unspecified atom stereocenters. The molecule has 0 aliphatic carbocycles. The summed E-state index contributed by atoms with van der Waals surface area (Å²) >= 11 is 0. The highest BCUT2D eigenvalue weighted by Crippen LogP contribution is 2.26. The Morgan fingerprint density at radius 1 is 1.38 bits per heavy atom. The summed E-state index contributed by atoms with van der Waals surface area (Å²) in [6.07, 6.45) is 2.03. The molecule has 0 spiro atoms. The van der Waals surface area contributed by atoms with Crippen molar-refractivity contribution in [3.63, 3.8) is 0 Å². The van der Waals surface area contributed by atoms with Crippen molar-refractivity contribution in [2.75, 3.05) is 6.54 Å². The molecule has 116 valence electrons. The van der Waals surface area contributed by atoms with Gasteiger partial charge in [0.05, 0.1) is 4.90 Å². The molecule has 1 aromatic rings. The largest absolute Gasteiger partial charge is 0.368 e. The Morgan fingerprint density at radius 3 is 2.67 bits per heavy atom. The quantitative estimate of drug-likeness (QED) is 0.843. The van der Waals surface area contributed by atoms with Gasteiger partial charge in [0.1, 0.15) is 6.04 Å². The van der Waals surface area contributed by atoms with E-state index in [9.17, 15) is 13.2 Å². The van der Waals surface area contributed by atoms with Crippen molar-refractivity contribution in [3.8, 4) is 0 Å². The van der Waals surface area contributed by atoms with Crippen molar-refractivity contribution in [2.45, 2.75) is 43.7 Å². The Labute approximate surface area is 125 Å². The minimum Gasteiger partial charge on any atom is -0.368 e. The van der Waals surface area contributed by atoms with E-state index in [0.717, 1.165) is 24.0 Å². The predicted molar refractivity (Wildman–Crippen MR) is 79.8 cm³/mol. The summed E-state index contributed by atoms with van der Waals surface area (Å²) in [5.41, 5.74) is 12.7. The summed E-state index contributed by atoms with van der Waals surface area (Å²) in [5, 5.41) is 0. The van der Waals surface area contributed by atoms with Crippen molar-refractivity contribution < 1.29 is 13.2 Å². The first-order chi connectivity index (χ1) is 9.87. The van der Waals surface area contributed by atoms with Crippen LogP contribution in [-0.2, 0) is 21.4 Å². The monoisotopic (exact) mass is 311 g/mol. The molecule has 1 aliphatic rings. The molecule has 21 heavy (non-hydrogen) atoms. The second kappa shape index (κ2) is 6.13. The van der Waals surface area contributed by atoms with Gasteiger partial charge in [0.2, 0.25) is 15.9 Å². The lowest BCUT2D eigenvalue weighted by Gasteiger charge is -2.32. The molecule has 0 aromatic heterocycles. The van der Waals surface area contributed by atoms with Crippen LogP contribution in [0.5, 0.6) is 0 Å². The van der Waals surface area contributed by atoms with E-state index in [2.05, 4.69) is 0 Å². The van der Waals surface area contributed by atoms with Gasteiger partial charge in [-0.2, -0.15) is 4.31 Å². The molecule has 0 saturated carbocycles. The molecule has 1 saturated heterocycles. The fourth-order valence-corrected chi connectivity index (χ4v) is 4.42.